The van der Waals surface area contributed by atoms with Gasteiger partial charge >= 0.3 is 0 Å². The fourth-order valence-corrected chi connectivity index (χ4v) is 1.16. The number of rotatable bonds is 5. The summed E-state index contributed by atoms with van der Waals surface area (Å²) < 4.78 is 11.5. The molecule has 1 unspecified atom stereocenters. The van der Waals surface area contributed by atoms with Crippen LogP contribution in [-0.4, -0.2) is 41.4 Å². The highest BCUT2D eigenvalue weighted by Gasteiger charge is 2.11. The topological polar surface area (TPSA) is 53.4 Å². The maximum atomic E-state index is 10.9. The molecule has 1 aromatic heterocycles. The zero-order valence-electron chi connectivity index (χ0n) is 8.64. The van der Waals surface area contributed by atoms with E-state index in [-0.39, 0.29) is 12.0 Å². The average molecular weight is 233 g/mol. The van der Waals surface area contributed by atoms with Crippen molar-refractivity contribution in [1.29, 1.82) is 0 Å². The van der Waals surface area contributed by atoms with Crippen molar-refractivity contribution in [2.75, 3.05) is 19.6 Å². The molecule has 0 aliphatic carbocycles. The summed E-state index contributed by atoms with van der Waals surface area (Å²) in [5, 5.41) is 3.91. The van der Waals surface area contributed by atoms with Gasteiger partial charge in [-0.3, -0.25) is 4.79 Å². The Bertz CT molecular complexity index is 327. The number of alkyl halides is 1. The van der Waals surface area contributed by atoms with E-state index in [0.29, 0.717) is 18.4 Å². The lowest BCUT2D eigenvalue weighted by molar-refractivity contribution is 0.0866. The number of halogens is 1. The number of ether oxygens (including phenoxy) is 2. The van der Waals surface area contributed by atoms with Crippen LogP contribution in [0.1, 0.15) is 11.7 Å². The van der Waals surface area contributed by atoms with E-state index in [9.17, 15) is 4.79 Å². The first-order valence-corrected chi connectivity index (χ1v) is 4.99. The third-order valence-electron chi connectivity index (χ3n) is 1.70. The quantitative estimate of drug-likeness (QED) is 0.716. The van der Waals surface area contributed by atoms with E-state index in [1.165, 1.54) is 17.8 Å². The van der Waals surface area contributed by atoms with Crippen LogP contribution < -0.4 is 4.74 Å². The van der Waals surface area contributed by atoms with Crippen LogP contribution in [0.25, 0.3) is 0 Å². The van der Waals surface area contributed by atoms with Gasteiger partial charge in [0.1, 0.15) is 6.10 Å². The molecule has 0 aromatic carbocycles. The molecular weight excluding hydrogens is 220 g/mol. The largest absolute Gasteiger partial charge is 0.470 e. The van der Waals surface area contributed by atoms with Crippen molar-refractivity contribution >= 4 is 17.5 Å². The summed E-state index contributed by atoms with van der Waals surface area (Å²) in [6.45, 7) is 1.81. The molecule has 15 heavy (non-hydrogen) atoms. The highest BCUT2D eigenvalue weighted by atomic mass is 35.5. The molecule has 0 radical (unpaired) electrons. The highest BCUT2D eigenvalue weighted by molar-refractivity contribution is 6.18. The lowest BCUT2D eigenvalue weighted by atomic mass is 10.4. The Balaban J connectivity index is 2.59. The Morgan fingerprint density at radius 2 is 2.47 bits per heavy atom. The minimum Gasteiger partial charge on any atom is -0.470 e. The maximum Gasteiger partial charge on any atom is 0.243 e. The van der Waals surface area contributed by atoms with E-state index in [1.54, 1.807) is 13.2 Å². The Kier molecular flexibility index (Phi) is 4.58. The van der Waals surface area contributed by atoms with Gasteiger partial charge in [0.05, 0.1) is 12.5 Å². The number of hydrogen-bond donors (Lipinski definition) is 0. The van der Waals surface area contributed by atoms with E-state index >= 15 is 0 Å². The van der Waals surface area contributed by atoms with Gasteiger partial charge in [-0.1, -0.05) is 0 Å². The van der Waals surface area contributed by atoms with Gasteiger partial charge in [-0.25, -0.2) is 4.68 Å². The molecule has 0 N–H and O–H groups in total. The Morgan fingerprint density at radius 1 is 1.73 bits per heavy atom. The zero-order valence-corrected chi connectivity index (χ0v) is 9.40. The molecule has 0 amide bonds. The maximum absolute atomic E-state index is 10.9. The second-order valence-electron chi connectivity index (χ2n) is 2.97. The second kappa shape index (κ2) is 5.72. The van der Waals surface area contributed by atoms with Crippen molar-refractivity contribution in [3.63, 3.8) is 0 Å². The van der Waals surface area contributed by atoms with Crippen molar-refractivity contribution in [3.05, 3.63) is 12.3 Å². The SMILES string of the molecule is COCC(CCl)Oc1ccn(C(C)=O)n1. The van der Waals surface area contributed by atoms with Crippen molar-refractivity contribution in [2.45, 2.75) is 13.0 Å². The Morgan fingerprint density at radius 3 is 2.93 bits per heavy atom. The normalized spacial score (nSPS) is 12.5. The average Bonchev–Trinajstić information content (AvgIpc) is 2.65. The molecule has 1 rings (SSSR count). The number of carbonyl (C=O) groups excluding carboxylic acids is 1. The summed E-state index contributed by atoms with van der Waals surface area (Å²) in [6, 6.07) is 1.61. The van der Waals surface area contributed by atoms with E-state index < -0.39 is 0 Å². The van der Waals surface area contributed by atoms with Gasteiger partial charge in [0, 0.05) is 26.3 Å². The summed E-state index contributed by atoms with van der Waals surface area (Å²) in [5.41, 5.74) is 0. The molecule has 0 saturated heterocycles. The summed E-state index contributed by atoms with van der Waals surface area (Å²) in [6.07, 6.45) is 1.28. The number of aromatic nitrogens is 2. The van der Waals surface area contributed by atoms with Gasteiger partial charge in [-0.2, -0.15) is 0 Å². The van der Waals surface area contributed by atoms with E-state index in [1.807, 2.05) is 0 Å². The minimum absolute atomic E-state index is 0.168. The van der Waals surface area contributed by atoms with Crippen molar-refractivity contribution in [1.82, 2.24) is 9.78 Å². The van der Waals surface area contributed by atoms with Crippen LogP contribution in [0.4, 0.5) is 0 Å². The van der Waals surface area contributed by atoms with Crippen LogP contribution in [0, 0.1) is 0 Å². The molecule has 1 atom stereocenters. The van der Waals surface area contributed by atoms with Gasteiger partial charge in [0.15, 0.2) is 0 Å². The molecule has 0 aliphatic rings. The van der Waals surface area contributed by atoms with Crippen LogP contribution in [0.2, 0.25) is 0 Å². The van der Waals surface area contributed by atoms with Crippen LogP contribution in [0.15, 0.2) is 12.3 Å². The van der Waals surface area contributed by atoms with E-state index in [4.69, 9.17) is 21.1 Å². The molecule has 0 bridgehead atoms. The van der Waals surface area contributed by atoms with Crippen LogP contribution >= 0.6 is 11.6 Å². The lowest BCUT2D eigenvalue weighted by Gasteiger charge is -2.12. The number of hydrogen-bond acceptors (Lipinski definition) is 4. The summed E-state index contributed by atoms with van der Waals surface area (Å²) >= 11 is 5.66. The molecule has 0 aliphatic heterocycles. The van der Waals surface area contributed by atoms with Crippen LogP contribution in [0.5, 0.6) is 5.88 Å². The molecule has 1 aromatic rings. The third-order valence-corrected chi connectivity index (χ3v) is 2.04. The molecular formula is C9H13ClN2O3. The van der Waals surface area contributed by atoms with Crippen molar-refractivity contribution in [3.8, 4) is 5.88 Å². The smallest absolute Gasteiger partial charge is 0.243 e. The summed E-state index contributed by atoms with van der Waals surface area (Å²) in [5.74, 6) is 0.507. The Labute approximate surface area is 92.9 Å². The second-order valence-corrected chi connectivity index (χ2v) is 3.28. The number of carbonyl (C=O) groups is 1. The standard InChI is InChI=1S/C9H13ClN2O3/c1-7(13)12-4-3-9(11-12)15-8(5-10)6-14-2/h3-4,8H,5-6H2,1-2H3. The number of methoxy groups -OCH3 is 1. The van der Waals surface area contributed by atoms with Gasteiger partial charge in [0.25, 0.3) is 0 Å². The van der Waals surface area contributed by atoms with Gasteiger partial charge < -0.3 is 9.47 Å². The lowest BCUT2D eigenvalue weighted by Crippen LogP contribution is -2.24. The molecule has 5 nitrogen and oxygen atoms in total. The predicted molar refractivity (Wildman–Crippen MR) is 55.5 cm³/mol. The monoisotopic (exact) mass is 232 g/mol. The Hall–Kier alpha value is -1.07. The van der Waals surface area contributed by atoms with E-state index in [0.717, 1.165) is 0 Å². The molecule has 0 saturated carbocycles. The summed E-state index contributed by atoms with van der Waals surface area (Å²) in [7, 11) is 1.57. The van der Waals surface area contributed by atoms with Gasteiger partial charge in [0.2, 0.25) is 11.8 Å². The molecule has 84 valence electrons. The minimum atomic E-state index is -0.257. The molecule has 0 spiro atoms. The molecule has 1 heterocycles. The third kappa shape index (κ3) is 3.53. The van der Waals surface area contributed by atoms with E-state index in [2.05, 4.69) is 5.10 Å². The van der Waals surface area contributed by atoms with Crippen LogP contribution in [-0.2, 0) is 4.74 Å². The predicted octanol–water partition coefficient (Wildman–Crippen LogP) is 1.18. The van der Waals surface area contributed by atoms with Crippen LogP contribution in [0.3, 0.4) is 0 Å². The number of nitrogens with zero attached hydrogens (tertiary/aromatic N) is 2. The van der Waals surface area contributed by atoms with Gasteiger partial charge in [-0.05, 0) is 0 Å². The fourth-order valence-electron chi connectivity index (χ4n) is 1.01. The zero-order chi connectivity index (χ0) is 11.3. The molecule has 0 fully saturated rings. The van der Waals surface area contributed by atoms with Crippen molar-refractivity contribution < 1.29 is 14.3 Å². The highest BCUT2D eigenvalue weighted by Crippen LogP contribution is 2.09. The first-order valence-electron chi connectivity index (χ1n) is 4.45. The first-order chi connectivity index (χ1) is 7.17. The van der Waals surface area contributed by atoms with Gasteiger partial charge in [-0.15, -0.1) is 16.7 Å². The summed E-state index contributed by atoms with van der Waals surface area (Å²) in [4.78, 5) is 10.9. The first kappa shape index (κ1) is 12.0. The fraction of sp³-hybridized carbons (Fsp3) is 0.556. The van der Waals surface area contributed by atoms with Crippen molar-refractivity contribution in [2.24, 2.45) is 0 Å². The molecule has 6 heteroatoms.